The molecule has 98 valence electrons. The summed E-state index contributed by atoms with van der Waals surface area (Å²) < 4.78 is 0. The molecule has 1 nitrogen and oxygen atoms in total. The molecule has 0 amide bonds. The van der Waals surface area contributed by atoms with Crippen LogP contribution in [0.3, 0.4) is 0 Å². The Balaban J connectivity index is 1.71. The Labute approximate surface area is 119 Å². The maximum Gasteiger partial charge on any atom is 0.0555 e. The van der Waals surface area contributed by atoms with Gasteiger partial charge in [0.15, 0.2) is 0 Å². The van der Waals surface area contributed by atoms with Crippen LogP contribution in [-0.2, 0) is 6.42 Å². The number of rotatable bonds is 1. The Bertz CT molecular complexity index is 789. The molecule has 0 saturated heterocycles. The zero-order valence-electron chi connectivity index (χ0n) is 11.6. The minimum Gasteiger partial charge on any atom is -0.378 e. The van der Waals surface area contributed by atoms with Gasteiger partial charge in [0.05, 0.1) is 6.04 Å². The Morgan fingerprint density at radius 1 is 0.900 bits per heavy atom. The molecule has 1 aliphatic rings. The zero-order chi connectivity index (χ0) is 13.5. The molecule has 0 radical (unpaired) electrons. The van der Waals surface area contributed by atoms with Crippen molar-refractivity contribution in [1.82, 2.24) is 0 Å². The van der Waals surface area contributed by atoms with Crippen LogP contribution in [0, 0.1) is 6.92 Å². The second-order valence-corrected chi connectivity index (χ2v) is 5.67. The zero-order valence-corrected chi connectivity index (χ0v) is 11.6. The third-order valence-electron chi connectivity index (χ3n) is 4.19. The van der Waals surface area contributed by atoms with E-state index in [9.17, 15) is 0 Å². The first-order chi connectivity index (χ1) is 9.79. The van der Waals surface area contributed by atoms with Crippen molar-refractivity contribution in [1.29, 1.82) is 0 Å². The highest BCUT2D eigenvalue weighted by Gasteiger charge is 2.21. The van der Waals surface area contributed by atoms with Gasteiger partial charge in [-0.3, -0.25) is 0 Å². The van der Waals surface area contributed by atoms with Crippen molar-refractivity contribution in [2.75, 3.05) is 5.32 Å². The third-order valence-corrected chi connectivity index (χ3v) is 4.19. The maximum atomic E-state index is 3.64. The van der Waals surface area contributed by atoms with Crippen molar-refractivity contribution >= 4 is 16.5 Å². The summed E-state index contributed by atoms with van der Waals surface area (Å²) in [6.07, 6.45) is 1.08. The fraction of sp³-hybridized carbons (Fsp3) is 0.158. The highest BCUT2D eigenvalue weighted by atomic mass is 14.9. The summed E-state index contributed by atoms with van der Waals surface area (Å²) in [4.78, 5) is 0. The van der Waals surface area contributed by atoms with Gasteiger partial charge < -0.3 is 5.32 Å². The molecule has 0 bridgehead atoms. The summed E-state index contributed by atoms with van der Waals surface area (Å²) in [5.41, 5.74) is 5.43. The summed E-state index contributed by atoms with van der Waals surface area (Å²) in [6, 6.07) is 22.4. The molecule has 1 aliphatic heterocycles. The summed E-state index contributed by atoms with van der Waals surface area (Å²) in [7, 11) is 0. The molecule has 1 heteroatoms. The lowest BCUT2D eigenvalue weighted by Gasteiger charge is -2.12. The number of hydrogen-bond donors (Lipinski definition) is 1. The molecular formula is C19H17N. The molecule has 1 heterocycles. The van der Waals surface area contributed by atoms with Gasteiger partial charge in [-0.25, -0.2) is 0 Å². The summed E-state index contributed by atoms with van der Waals surface area (Å²) in [5, 5.41) is 6.27. The quantitative estimate of drug-likeness (QED) is 0.658. The van der Waals surface area contributed by atoms with Crippen LogP contribution in [-0.4, -0.2) is 0 Å². The summed E-state index contributed by atoms with van der Waals surface area (Å²) >= 11 is 0. The van der Waals surface area contributed by atoms with E-state index in [-0.39, 0.29) is 0 Å². The molecule has 3 aromatic carbocycles. The van der Waals surface area contributed by atoms with E-state index in [1.165, 1.54) is 33.2 Å². The van der Waals surface area contributed by atoms with E-state index in [2.05, 4.69) is 72.9 Å². The molecule has 1 unspecified atom stereocenters. The van der Waals surface area contributed by atoms with E-state index in [0.717, 1.165) is 6.42 Å². The molecule has 0 aromatic heterocycles. The Hall–Kier alpha value is -2.28. The van der Waals surface area contributed by atoms with Gasteiger partial charge in [0.2, 0.25) is 0 Å². The third kappa shape index (κ3) is 1.87. The Morgan fingerprint density at radius 2 is 1.75 bits per heavy atom. The van der Waals surface area contributed by atoms with Gasteiger partial charge in [-0.15, -0.1) is 0 Å². The van der Waals surface area contributed by atoms with Gasteiger partial charge >= 0.3 is 0 Å². The molecular weight excluding hydrogens is 242 g/mol. The van der Waals surface area contributed by atoms with Gasteiger partial charge in [-0.1, -0.05) is 54.1 Å². The molecule has 4 rings (SSSR count). The van der Waals surface area contributed by atoms with Crippen molar-refractivity contribution in [3.63, 3.8) is 0 Å². The number of benzene rings is 3. The van der Waals surface area contributed by atoms with Crippen LogP contribution >= 0.6 is 0 Å². The van der Waals surface area contributed by atoms with Crippen molar-refractivity contribution in [3.8, 4) is 0 Å². The van der Waals surface area contributed by atoms with Gasteiger partial charge in [0, 0.05) is 5.69 Å². The first-order valence-electron chi connectivity index (χ1n) is 7.14. The second kappa shape index (κ2) is 4.38. The molecule has 3 aromatic rings. The summed E-state index contributed by atoms with van der Waals surface area (Å²) in [6.45, 7) is 2.16. The molecule has 0 aliphatic carbocycles. The Morgan fingerprint density at radius 3 is 2.65 bits per heavy atom. The molecule has 0 fully saturated rings. The predicted molar refractivity (Wildman–Crippen MR) is 85.2 cm³/mol. The van der Waals surface area contributed by atoms with Crippen LogP contribution in [0.1, 0.15) is 22.7 Å². The van der Waals surface area contributed by atoms with Crippen LogP contribution in [0.4, 0.5) is 5.69 Å². The number of nitrogens with one attached hydrogen (secondary N) is 1. The van der Waals surface area contributed by atoms with E-state index in [4.69, 9.17) is 0 Å². The lowest BCUT2D eigenvalue weighted by atomic mass is 9.99. The van der Waals surface area contributed by atoms with E-state index in [0.29, 0.717) is 6.04 Å². The Kier molecular flexibility index (Phi) is 2.53. The maximum absolute atomic E-state index is 3.64. The normalized spacial score (nSPS) is 16.9. The topological polar surface area (TPSA) is 12.0 Å². The van der Waals surface area contributed by atoms with Gasteiger partial charge in [-0.05, 0) is 47.4 Å². The van der Waals surface area contributed by atoms with Crippen molar-refractivity contribution in [2.45, 2.75) is 19.4 Å². The first-order valence-corrected chi connectivity index (χ1v) is 7.14. The number of anilines is 1. The average Bonchev–Trinajstić information content (AvgIpc) is 2.89. The van der Waals surface area contributed by atoms with Crippen LogP contribution in [0.5, 0.6) is 0 Å². The SMILES string of the molecule is Cc1ccc2c(c1)CC(c1ccc3ccccc3c1)N2. The van der Waals surface area contributed by atoms with E-state index in [1.807, 2.05) is 0 Å². The van der Waals surface area contributed by atoms with Gasteiger partial charge in [0.1, 0.15) is 0 Å². The highest BCUT2D eigenvalue weighted by molar-refractivity contribution is 5.83. The molecule has 1 atom stereocenters. The largest absolute Gasteiger partial charge is 0.378 e. The van der Waals surface area contributed by atoms with Crippen LogP contribution < -0.4 is 5.32 Å². The van der Waals surface area contributed by atoms with E-state index >= 15 is 0 Å². The standard InChI is InChI=1S/C19H17N/c1-13-6-9-18-17(10-13)12-19(20-18)16-8-7-14-4-2-3-5-15(14)11-16/h2-11,19-20H,12H2,1H3. The lowest BCUT2D eigenvalue weighted by molar-refractivity contribution is 0.825. The van der Waals surface area contributed by atoms with Gasteiger partial charge in [-0.2, -0.15) is 0 Å². The molecule has 0 spiro atoms. The number of fused-ring (bicyclic) bond motifs is 2. The van der Waals surface area contributed by atoms with Crippen molar-refractivity contribution in [3.05, 3.63) is 77.4 Å². The number of aryl methyl sites for hydroxylation is 1. The van der Waals surface area contributed by atoms with Crippen LogP contribution in [0.15, 0.2) is 60.7 Å². The molecule has 0 saturated carbocycles. The highest BCUT2D eigenvalue weighted by Crippen LogP contribution is 2.35. The van der Waals surface area contributed by atoms with E-state index in [1.54, 1.807) is 0 Å². The second-order valence-electron chi connectivity index (χ2n) is 5.67. The monoisotopic (exact) mass is 259 g/mol. The lowest BCUT2D eigenvalue weighted by Crippen LogP contribution is -2.05. The molecule has 1 N–H and O–H groups in total. The summed E-state index contributed by atoms with van der Waals surface area (Å²) in [5.74, 6) is 0. The van der Waals surface area contributed by atoms with Crippen LogP contribution in [0.2, 0.25) is 0 Å². The van der Waals surface area contributed by atoms with Crippen molar-refractivity contribution in [2.24, 2.45) is 0 Å². The fourth-order valence-electron chi connectivity index (χ4n) is 3.12. The minimum atomic E-state index is 0.399. The number of hydrogen-bond acceptors (Lipinski definition) is 1. The van der Waals surface area contributed by atoms with Gasteiger partial charge in [0.25, 0.3) is 0 Å². The average molecular weight is 259 g/mol. The van der Waals surface area contributed by atoms with E-state index < -0.39 is 0 Å². The minimum absolute atomic E-state index is 0.399. The smallest absolute Gasteiger partial charge is 0.0555 e. The van der Waals surface area contributed by atoms with Crippen molar-refractivity contribution < 1.29 is 0 Å². The van der Waals surface area contributed by atoms with Crippen LogP contribution in [0.25, 0.3) is 10.8 Å². The first kappa shape index (κ1) is 11.5. The fourth-order valence-corrected chi connectivity index (χ4v) is 3.12. The molecule has 20 heavy (non-hydrogen) atoms. The predicted octanol–water partition coefficient (Wildman–Crippen LogP) is 4.86.